The zero-order valence-corrected chi connectivity index (χ0v) is 13.9. The molecule has 0 radical (unpaired) electrons. The molecular weight excluding hydrogens is 324 g/mol. The van der Waals surface area contributed by atoms with Crippen LogP contribution < -0.4 is 0 Å². The molecule has 0 bridgehead atoms. The van der Waals surface area contributed by atoms with Crippen LogP contribution in [0.1, 0.15) is 18.0 Å². The SMILES string of the molecule is OCCN1CC=C2C=C(N3C[C@@H](F)C[C@@H]3c3cccc(F)c3)C=CN21. The van der Waals surface area contributed by atoms with Crippen molar-refractivity contribution in [1.82, 2.24) is 14.9 Å². The van der Waals surface area contributed by atoms with Gasteiger partial charge in [0, 0.05) is 38.0 Å². The van der Waals surface area contributed by atoms with Gasteiger partial charge < -0.3 is 10.0 Å². The van der Waals surface area contributed by atoms with Crippen molar-refractivity contribution in [2.75, 3.05) is 26.2 Å². The summed E-state index contributed by atoms with van der Waals surface area (Å²) >= 11 is 0. The molecule has 132 valence electrons. The summed E-state index contributed by atoms with van der Waals surface area (Å²) in [6, 6.07) is 6.27. The molecule has 6 heteroatoms. The smallest absolute Gasteiger partial charge is 0.123 e. The third-order valence-electron chi connectivity index (χ3n) is 4.94. The predicted molar refractivity (Wildman–Crippen MR) is 91.2 cm³/mol. The number of hydrogen-bond donors (Lipinski definition) is 1. The molecule has 0 amide bonds. The third-order valence-corrected chi connectivity index (χ3v) is 4.94. The molecule has 1 aromatic carbocycles. The van der Waals surface area contributed by atoms with Gasteiger partial charge in [0.15, 0.2) is 0 Å². The first-order valence-electron chi connectivity index (χ1n) is 8.57. The first-order chi connectivity index (χ1) is 12.2. The lowest BCUT2D eigenvalue weighted by molar-refractivity contribution is 0.0689. The number of nitrogens with zero attached hydrogens (tertiary/aromatic N) is 3. The van der Waals surface area contributed by atoms with Crippen LogP contribution in [0, 0.1) is 5.82 Å². The summed E-state index contributed by atoms with van der Waals surface area (Å²) in [5, 5.41) is 13.2. The maximum Gasteiger partial charge on any atom is 0.123 e. The average molecular weight is 345 g/mol. The topological polar surface area (TPSA) is 30.0 Å². The van der Waals surface area contributed by atoms with Gasteiger partial charge in [-0.2, -0.15) is 0 Å². The molecule has 0 saturated carbocycles. The van der Waals surface area contributed by atoms with Crippen molar-refractivity contribution < 1.29 is 13.9 Å². The number of hydrazine groups is 1. The maximum absolute atomic E-state index is 14.1. The van der Waals surface area contributed by atoms with E-state index in [1.54, 1.807) is 6.07 Å². The molecule has 25 heavy (non-hydrogen) atoms. The van der Waals surface area contributed by atoms with Crippen LogP contribution in [0.15, 0.2) is 60.1 Å². The number of rotatable bonds is 4. The van der Waals surface area contributed by atoms with E-state index in [4.69, 9.17) is 5.11 Å². The van der Waals surface area contributed by atoms with Gasteiger partial charge in [-0.1, -0.05) is 12.1 Å². The van der Waals surface area contributed by atoms with Crippen LogP contribution in [0.4, 0.5) is 8.78 Å². The standard InChI is InChI=1S/C19H21F2N3O/c20-15-3-1-2-14(10-15)19-11-16(21)13-23(19)17-5-7-24-18(12-17)4-6-22(24)8-9-25/h1-5,7,10,12,16,19,25H,6,8-9,11,13H2/t16-,19+/m0/s1. The van der Waals surface area contributed by atoms with Gasteiger partial charge in [-0.25, -0.2) is 13.8 Å². The fourth-order valence-electron chi connectivity index (χ4n) is 3.79. The highest BCUT2D eigenvalue weighted by molar-refractivity contribution is 5.38. The van der Waals surface area contributed by atoms with E-state index >= 15 is 0 Å². The molecular formula is C19H21F2N3O. The number of allylic oxidation sites excluding steroid dienone is 2. The summed E-state index contributed by atoms with van der Waals surface area (Å²) in [4.78, 5) is 2.02. The third kappa shape index (κ3) is 3.07. The van der Waals surface area contributed by atoms with E-state index < -0.39 is 6.17 Å². The normalized spacial score (nSPS) is 26.0. The molecule has 1 N–H and O–H groups in total. The predicted octanol–water partition coefficient (Wildman–Crippen LogP) is 2.73. The van der Waals surface area contributed by atoms with E-state index in [0.29, 0.717) is 19.5 Å². The molecule has 0 spiro atoms. The highest BCUT2D eigenvalue weighted by atomic mass is 19.1. The Balaban J connectivity index is 1.59. The number of β-amino-alcohol motifs (C(OH)–C–C–N with tert-alkyl or cyclic N) is 1. The Morgan fingerprint density at radius 2 is 2.12 bits per heavy atom. The van der Waals surface area contributed by atoms with Gasteiger partial charge in [-0.3, -0.25) is 5.01 Å². The summed E-state index contributed by atoms with van der Waals surface area (Å²) in [7, 11) is 0. The number of aliphatic hydroxyl groups is 1. The molecule has 3 heterocycles. The van der Waals surface area contributed by atoms with E-state index in [9.17, 15) is 8.78 Å². The van der Waals surface area contributed by atoms with E-state index in [-0.39, 0.29) is 18.5 Å². The number of halogens is 2. The molecule has 0 aromatic heterocycles. The average Bonchev–Trinajstić information content (AvgIpc) is 3.19. The monoisotopic (exact) mass is 345 g/mol. The second kappa shape index (κ2) is 6.61. The molecule has 0 aliphatic carbocycles. The Morgan fingerprint density at radius 3 is 2.92 bits per heavy atom. The Bertz CT molecular complexity index is 746. The lowest BCUT2D eigenvalue weighted by atomic mass is 10.0. The second-order valence-corrected chi connectivity index (χ2v) is 6.55. The van der Waals surface area contributed by atoms with Crippen molar-refractivity contribution >= 4 is 0 Å². The molecule has 2 atom stereocenters. The second-order valence-electron chi connectivity index (χ2n) is 6.55. The number of likely N-dealkylation sites (tertiary alicyclic amines) is 1. The Kier molecular flexibility index (Phi) is 4.31. The van der Waals surface area contributed by atoms with E-state index in [1.165, 1.54) is 12.1 Å². The Hall–Kier alpha value is -2.18. The van der Waals surface area contributed by atoms with Crippen LogP contribution in [0.3, 0.4) is 0 Å². The van der Waals surface area contributed by atoms with Crippen LogP contribution in [0.2, 0.25) is 0 Å². The minimum atomic E-state index is -0.927. The number of alkyl halides is 1. The van der Waals surface area contributed by atoms with E-state index in [0.717, 1.165) is 23.5 Å². The van der Waals surface area contributed by atoms with Crippen molar-refractivity contribution in [3.05, 3.63) is 71.5 Å². The van der Waals surface area contributed by atoms with Gasteiger partial charge >= 0.3 is 0 Å². The Morgan fingerprint density at radius 1 is 1.24 bits per heavy atom. The van der Waals surface area contributed by atoms with Gasteiger partial charge in [-0.15, -0.1) is 0 Å². The van der Waals surface area contributed by atoms with E-state index in [1.807, 2.05) is 39.3 Å². The van der Waals surface area contributed by atoms with Gasteiger partial charge in [0.05, 0.1) is 18.3 Å². The molecule has 1 aromatic rings. The van der Waals surface area contributed by atoms with Crippen molar-refractivity contribution in [3.63, 3.8) is 0 Å². The van der Waals surface area contributed by atoms with Gasteiger partial charge in [0.1, 0.15) is 12.0 Å². The first kappa shape index (κ1) is 16.3. The minimum absolute atomic E-state index is 0.0966. The van der Waals surface area contributed by atoms with Crippen LogP contribution in [0.5, 0.6) is 0 Å². The lowest BCUT2D eigenvalue weighted by Gasteiger charge is -2.34. The van der Waals surface area contributed by atoms with Crippen molar-refractivity contribution in [2.45, 2.75) is 18.6 Å². The fourth-order valence-corrected chi connectivity index (χ4v) is 3.79. The molecule has 4 rings (SSSR count). The fraction of sp³-hybridized carbons (Fsp3) is 0.368. The first-order valence-corrected chi connectivity index (χ1v) is 8.57. The summed E-state index contributed by atoms with van der Waals surface area (Å²) in [5.74, 6) is -0.294. The van der Waals surface area contributed by atoms with Gasteiger partial charge in [0.2, 0.25) is 0 Å². The summed E-state index contributed by atoms with van der Waals surface area (Å²) < 4.78 is 27.7. The zero-order chi connectivity index (χ0) is 17.4. The molecule has 1 saturated heterocycles. The molecule has 3 aliphatic heterocycles. The van der Waals surface area contributed by atoms with E-state index in [2.05, 4.69) is 6.08 Å². The van der Waals surface area contributed by atoms with Crippen molar-refractivity contribution in [3.8, 4) is 0 Å². The largest absolute Gasteiger partial charge is 0.395 e. The van der Waals surface area contributed by atoms with Crippen molar-refractivity contribution in [1.29, 1.82) is 0 Å². The van der Waals surface area contributed by atoms with Crippen molar-refractivity contribution in [2.24, 2.45) is 0 Å². The maximum atomic E-state index is 14.1. The molecule has 4 nitrogen and oxygen atoms in total. The van der Waals surface area contributed by atoms with Gasteiger partial charge in [-0.05, 0) is 35.9 Å². The minimum Gasteiger partial charge on any atom is -0.395 e. The zero-order valence-electron chi connectivity index (χ0n) is 13.9. The quantitative estimate of drug-likeness (QED) is 0.909. The molecule has 3 aliphatic rings. The summed E-state index contributed by atoms with van der Waals surface area (Å²) in [6.07, 6.45) is 7.45. The van der Waals surface area contributed by atoms with Crippen LogP contribution in [0.25, 0.3) is 0 Å². The molecule has 1 fully saturated rings. The number of aliphatic hydroxyl groups excluding tert-OH is 1. The van der Waals surface area contributed by atoms with Crippen LogP contribution in [-0.4, -0.2) is 52.4 Å². The number of fused-ring (bicyclic) bond motifs is 1. The summed E-state index contributed by atoms with van der Waals surface area (Å²) in [5.41, 5.74) is 2.76. The van der Waals surface area contributed by atoms with Gasteiger partial charge in [0.25, 0.3) is 0 Å². The highest BCUT2D eigenvalue weighted by Gasteiger charge is 2.35. The summed E-state index contributed by atoms with van der Waals surface area (Å²) in [6.45, 7) is 1.71. The lowest BCUT2D eigenvalue weighted by Crippen LogP contribution is -2.37. The number of benzene rings is 1. The molecule has 0 unspecified atom stereocenters. The highest BCUT2D eigenvalue weighted by Crippen LogP contribution is 2.38. The van der Waals surface area contributed by atoms with Crippen LogP contribution in [-0.2, 0) is 0 Å². The number of hydrogen-bond acceptors (Lipinski definition) is 4. The Labute approximate surface area is 145 Å². The van der Waals surface area contributed by atoms with Crippen LogP contribution >= 0.6 is 0 Å².